The smallest absolute Gasteiger partial charge is 0.267 e. The fraction of sp³-hybridized carbons (Fsp3) is 0. The number of anilines is 2. The van der Waals surface area contributed by atoms with Gasteiger partial charge in [-0.2, -0.15) is 5.26 Å². The number of carbonyl (C=O) groups excluding carboxylic acids is 1. The number of rotatable bonds is 6. The number of halogens is 1. The molecule has 0 fully saturated rings. The van der Waals surface area contributed by atoms with E-state index >= 15 is 0 Å². The van der Waals surface area contributed by atoms with Crippen LogP contribution in [0.4, 0.5) is 11.4 Å². The van der Waals surface area contributed by atoms with Crippen LogP contribution in [0.15, 0.2) is 90.6 Å². The van der Waals surface area contributed by atoms with Gasteiger partial charge < -0.3 is 15.4 Å². The summed E-state index contributed by atoms with van der Waals surface area (Å²) in [6, 6.07) is 25.3. The number of hydrogen-bond donors (Lipinski definition) is 2. The summed E-state index contributed by atoms with van der Waals surface area (Å²) in [4.78, 5) is 12.3. The molecule has 0 aromatic heterocycles. The van der Waals surface area contributed by atoms with E-state index in [4.69, 9.17) is 16.3 Å². The Morgan fingerprint density at radius 2 is 1.57 bits per heavy atom. The molecule has 6 heteroatoms. The van der Waals surface area contributed by atoms with Crippen LogP contribution in [0, 0.1) is 11.3 Å². The van der Waals surface area contributed by atoms with Gasteiger partial charge in [-0.1, -0.05) is 41.9 Å². The number of amides is 1. The molecule has 28 heavy (non-hydrogen) atoms. The summed E-state index contributed by atoms with van der Waals surface area (Å²) in [6.07, 6.45) is 1.35. The van der Waals surface area contributed by atoms with E-state index in [0.29, 0.717) is 22.1 Å². The summed E-state index contributed by atoms with van der Waals surface area (Å²) >= 11 is 6.02. The summed E-state index contributed by atoms with van der Waals surface area (Å²) in [6.45, 7) is 0. The molecule has 5 nitrogen and oxygen atoms in total. The highest BCUT2D eigenvalue weighted by Crippen LogP contribution is 2.23. The second-order valence-corrected chi connectivity index (χ2v) is 6.09. The highest BCUT2D eigenvalue weighted by Gasteiger charge is 2.11. The Balaban J connectivity index is 1.63. The van der Waals surface area contributed by atoms with Crippen molar-refractivity contribution < 1.29 is 9.53 Å². The maximum Gasteiger partial charge on any atom is 0.267 e. The quantitative estimate of drug-likeness (QED) is 0.425. The number of nitriles is 1. The standard InChI is InChI=1S/C22H16ClN3O2/c23-20-8-4-5-9-21(20)26-22(27)16(14-24)15-25-17-10-12-19(13-11-17)28-18-6-2-1-3-7-18/h1-13,15,25H,(H,26,27)/b16-15-. The zero-order valence-electron chi connectivity index (χ0n) is 14.7. The number of nitrogens with zero attached hydrogens (tertiary/aromatic N) is 1. The molecule has 3 rings (SSSR count). The Bertz CT molecular complexity index is 1030. The average molecular weight is 390 g/mol. The van der Waals surface area contributed by atoms with Crippen molar-refractivity contribution in [3.8, 4) is 17.6 Å². The van der Waals surface area contributed by atoms with Crippen LogP contribution in [-0.4, -0.2) is 5.91 Å². The van der Waals surface area contributed by atoms with Crippen LogP contribution in [0.2, 0.25) is 5.02 Å². The van der Waals surface area contributed by atoms with Gasteiger partial charge in [0.1, 0.15) is 23.1 Å². The van der Waals surface area contributed by atoms with Crippen molar-refractivity contribution in [2.24, 2.45) is 0 Å². The molecule has 0 saturated carbocycles. The first-order valence-corrected chi connectivity index (χ1v) is 8.79. The second kappa shape index (κ2) is 9.26. The third-order valence-electron chi connectivity index (χ3n) is 3.70. The van der Waals surface area contributed by atoms with Crippen LogP contribution in [-0.2, 0) is 4.79 Å². The number of nitrogens with one attached hydrogen (secondary N) is 2. The van der Waals surface area contributed by atoms with Gasteiger partial charge in [0.2, 0.25) is 0 Å². The molecular formula is C22H16ClN3O2. The minimum atomic E-state index is -0.549. The van der Waals surface area contributed by atoms with Crippen LogP contribution in [0.1, 0.15) is 0 Å². The van der Waals surface area contributed by atoms with Gasteiger partial charge in [0, 0.05) is 11.9 Å². The van der Waals surface area contributed by atoms with Gasteiger partial charge in [-0.05, 0) is 48.5 Å². The van der Waals surface area contributed by atoms with Crippen molar-refractivity contribution in [2.45, 2.75) is 0 Å². The first-order chi connectivity index (χ1) is 13.7. The van der Waals surface area contributed by atoms with Crippen molar-refractivity contribution in [3.05, 3.63) is 95.7 Å². The van der Waals surface area contributed by atoms with Gasteiger partial charge in [-0.25, -0.2) is 0 Å². The lowest BCUT2D eigenvalue weighted by molar-refractivity contribution is -0.112. The molecule has 0 bridgehead atoms. The molecule has 2 N–H and O–H groups in total. The number of para-hydroxylation sites is 2. The number of hydrogen-bond acceptors (Lipinski definition) is 4. The molecule has 0 heterocycles. The Labute approximate surface area is 167 Å². The van der Waals surface area contributed by atoms with Gasteiger partial charge >= 0.3 is 0 Å². The topological polar surface area (TPSA) is 74.1 Å². The summed E-state index contributed by atoms with van der Waals surface area (Å²) in [5.41, 5.74) is 1.07. The summed E-state index contributed by atoms with van der Waals surface area (Å²) in [5.74, 6) is 0.871. The molecule has 3 aromatic carbocycles. The maximum absolute atomic E-state index is 12.3. The predicted octanol–water partition coefficient (Wildman–Crippen LogP) is 5.59. The zero-order chi connectivity index (χ0) is 19.8. The lowest BCUT2D eigenvalue weighted by Gasteiger charge is -2.08. The average Bonchev–Trinajstić information content (AvgIpc) is 2.72. The van der Waals surface area contributed by atoms with E-state index in [9.17, 15) is 10.1 Å². The van der Waals surface area contributed by atoms with Crippen LogP contribution in [0.5, 0.6) is 11.5 Å². The van der Waals surface area contributed by atoms with Gasteiger partial charge in [0.15, 0.2) is 0 Å². The van der Waals surface area contributed by atoms with Crippen molar-refractivity contribution in [1.29, 1.82) is 5.26 Å². The van der Waals surface area contributed by atoms with E-state index in [1.54, 1.807) is 48.5 Å². The highest BCUT2D eigenvalue weighted by molar-refractivity contribution is 6.33. The largest absolute Gasteiger partial charge is 0.457 e. The minimum Gasteiger partial charge on any atom is -0.457 e. The molecule has 0 unspecified atom stereocenters. The SMILES string of the molecule is N#C/C(=C/Nc1ccc(Oc2ccccc2)cc1)C(=O)Nc1ccccc1Cl. The third kappa shape index (κ3) is 5.13. The van der Waals surface area contributed by atoms with E-state index < -0.39 is 5.91 Å². The zero-order valence-corrected chi connectivity index (χ0v) is 15.5. The lowest BCUT2D eigenvalue weighted by atomic mass is 10.2. The van der Waals surface area contributed by atoms with Crippen molar-refractivity contribution in [2.75, 3.05) is 10.6 Å². The van der Waals surface area contributed by atoms with E-state index in [2.05, 4.69) is 10.6 Å². The highest BCUT2D eigenvalue weighted by atomic mass is 35.5. The normalized spacial score (nSPS) is 10.6. The van der Waals surface area contributed by atoms with E-state index in [0.717, 1.165) is 5.75 Å². The van der Waals surface area contributed by atoms with Crippen LogP contribution >= 0.6 is 11.6 Å². The molecule has 138 valence electrons. The number of benzene rings is 3. The third-order valence-corrected chi connectivity index (χ3v) is 4.03. The molecule has 3 aromatic rings. The van der Waals surface area contributed by atoms with Gasteiger partial charge in [-0.15, -0.1) is 0 Å². The minimum absolute atomic E-state index is 0.0791. The maximum atomic E-state index is 12.3. The van der Waals surface area contributed by atoms with Crippen LogP contribution < -0.4 is 15.4 Å². The van der Waals surface area contributed by atoms with E-state index in [-0.39, 0.29) is 5.57 Å². The second-order valence-electron chi connectivity index (χ2n) is 5.69. The summed E-state index contributed by atoms with van der Waals surface area (Å²) in [7, 11) is 0. The van der Waals surface area contributed by atoms with Crippen molar-refractivity contribution in [1.82, 2.24) is 0 Å². The fourth-order valence-corrected chi connectivity index (χ4v) is 2.48. The number of carbonyl (C=O) groups is 1. The molecule has 0 aliphatic rings. The van der Waals surface area contributed by atoms with E-state index in [1.807, 2.05) is 36.4 Å². The summed E-state index contributed by atoms with van der Waals surface area (Å²) in [5, 5.41) is 15.2. The molecule has 0 aliphatic heterocycles. The number of ether oxygens (including phenoxy) is 1. The van der Waals surface area contributed by atoms with Gasteiger partial charge in [-0.3, -0.25) is 4.79 Å². The van der Waals surface area contributed by atoms with Crippen LogP contribution in [0.3, 0.4) is 0 Å². The first-order valence-electron chi connectivity index (χ1n) is 8.41. The molecular weight excluding hydrogens is 374 g/mol. The van der Waals surface area contributed by atoms with E-state index in [1.165, 1.54) is 6.20 Å². The predicted molar refractivity (Wildman–Crippen MR) is 110 cm³/mol. The van der Waals surface area contributed by atoms with Gasteiger partial charge in [0.05, 0.1) is 10.7 Å². The first kappa shape index (κ1) is 19.0. The summed E-state index contributed by atoms with van der Waals surface area (Å²) < 4.78 is 5.72. The Hall–Kier alpha value is -3.75. The van der Waals surface area contributed by atoms with Gasteiger partial charge in [0.25, 0.3) is 5.91 Å². The molecule has 0 saturated heterocycles. The monoisotopic (exact) mass is 389 g/mol. The Kier molecular flexibility index (Phi) is 6.29. The fourth-order valence-electron chi connectivity index (χ4n) is 2.30. The van der Waals surface area contributed by atoms with Crippen LogP contribution in [0.25, 0.3) is 0 Å². The van der Waals surface area contributed by atoms with Crippen molar-refractivity contribution >= 4 is 28.9 Å². The lowest BCUT2D eigenvalue weighted by Crippen LogP contribution is -2.14. The molecule has 0 spiro atoms. The molecule has 1 amide bonds. The Morgan fingerprint density at radius 1 is 0.929 bits per heavy atom. The Morgan fingerprint density at radius 3 is 2.25 bits per heavy atom. The molecule has 0 aliphatic carbocycles. The molecule has 0 atom stereocenters. The van der Waals surface area contributed by atoms with Crippen molar-refractivity contribution in [3.63, 3.8) is 0 Å². The molecule has 0 radical (unpaired) electrons.